The zero-order chi connectivity index (χ0) is 14.3. The van der Waals surface area contributed by atoms with Crippen molar-refractivity contribution in [1.29, 1.82) is 0 Å². The van der Waals surface area contributed by atoms with E-state index >= 15 is 0 Å². The molecule has 0 unspecified atom stereocenters. The van der Waals surface area contributed by atoms with Crippen LogP contribution >= 0.6 is 15.9 Å². The van der Waals surface area contributed by atoms with E-state index in [1.54, 1.807) is 12.4 Å². The Morgan fingerprint density at radius 3 is 2.74 bits per heavy atom. The van der Waals surface area contributed by atoms with Crippen LogP contribution in [-0.4, -0.2) is 29.8 Å². The van der Waals surface area contributed by atoms with Gasteiger partial charge in [-0.25, -0.2) is 4.79 Å². The molecule has 5 nitrogen and oxygen atoms in total. The van der Waals surface area contributed by atoms with Crippen LogP contribution in [-0.2, 0) is 11.3 Å². The first-order valence-electron chi connectivity index (χ1n) is 6.14. The third-order valence-electron chi connectivity index (χ3n) is 2.06. The quantitative estimate of drug-likeness (QED) is 0.814. The minimum absolute atomic E-state index is 0.390. The van der Waals surface area contributed by atoms with Crippen molar-refractivity contribution in [3.63, 3.8) is 0 Å². The predicted molar refractivity (Wildman–Crippen MR) is 77.9 cm³/mol. The number of amides is 1. The summed E-state index contributed by atoms with van der Waals surface area (Å²) >= 11 is 3.37. The van der Waals surface area contributed by atoms with E-state index in [9.17, 15) is 4.79 Å². The standard InChI is InChI=1S/C13H20BrN3O2/c1-13(2,3)19-12(18)17-5-4-15-7-10-6-11(14)9-16-8-10/h6,8-9,15H,4-5,7H2,1-3H3,(H,17,18). The number of alkyl carbamates (subject to hydrolysis) is 1. The van der Waals surface area contributed by atoms with Gasteiger partial charge in [0.1, 0.15) is 5.60 Å². The second-order valence-electron chi connectivity index (χ2n) is 5.12. The van der Waals surface area contributed by atoms with E-state index in [-0.39, 0.29) is 0 Å². The molecule has 6 heteroatoms. The van der Waals surface area contributed by atoms with Gasteiger partial charge in [-0.05, 0) is 48.3 Å². The Morgan fingerprint density at radius 1 is 1.37 bits per heavy atom. The fourth-order valence-corrected chi connectivity index (χ4v) is 1.76. The van der Waals surface area contributed by atoms with Gasteiger partial charge in [-0.3, -0.25) is 4.98 Å². The Morgan fingerprint density at radius 2 is 2.11 bits per heavy atom. The molecule has 0 spiro atoms. The number of hydrogen-bond acceptors (Lipinski definition) is 4. The van der Waals surface area contributed by atoms with Crippen LogP contribution in [0.25, 0.3) is 0 Å². The van der Waals surface area contributed by atoms with E-state index in [2.05, 4.69) is 31.5 Å². The Bertz CT molecular complexity index is 419. The molecule has 0 fully saturated rings. The number of rotatable bonds is 5. The summed E-state index contributed by atoms with van der Waals surface area (Å²) in [5.41, 5.74) is 0.631. The number of halogens is 1. The van der Waals surface area contributed by atoms with Gasteiger partial charge in [0, 0.05) is 36.5 Å². The molecular formula is C13H20BrN3O2. The van der Waals surface area contributed by atoms with Crippen LogP contribution in [0.4, 0.5) is 4.79 Å². The molecule has 0 aliphatic rings. The molecule has 0 bridgehead atoms. The molecule has 106 valence electrons. The molecule has 1 aromatic rings. The number of pyridine rings is 1. The molecule has 0 atom stereocenters. The van der Waals surface area contributed by atoms with Crippen molar-refractivity contribution >= 4 is 22.0 Å². The third kappa shape index (κ3) is 7.79. The van der Waals surface area contributed by atoms with Crippen LogP contribution in [0.2, 0.25) is 0 Å². The number of nitrogens with one attached hydrogen (secondary N) is 2. The number of ether oxygens (including phenoxy) is 1. The predicted octanol–water partition coefficient (Wildman–Crippen LogP) is 2.46. The van der Waals surface area contributed by atoms with Crippen molar-refractivity contribution in [2.24, 2.45) is 0 Å². The number of carbonyl (C=O) groups is 1. The molecular weight excluding hydrogens is 310 g/mol. The summed E-state index contributed by atoms with van der Waals surface area (Å²) < 4.78 is 6.08. The highest BCUT2D eigenvalue weighted by Gasteiger charge is 2.15. The summed E-state index contributed by atoms with van der Waals surface area (Å²) in [4.78, 5) is 15.4. The summed E-state index contributed by atoms with van der Waals surface area (Å²) in [5, 5.41) is 5.90. The molecule has 1 aromatic heterocycles. The van der Waals surface area contributed by atoms with Gasteiger partial charge in [-0.15, -0.1) is 0 Å². The van der Waals surface area contributed by atoms with E-state index in [1.165, 1.54) is 0 Å². The van der Waals surface area contributed by atoms with Gasteiger partial charge in [-0.1, -0.05) is 0 Å². The van der Waals surface area contributed by atoms with E-state index in [1.807, 2.05) is 26.8 Å². The Hall–Kier alpha value is -1.14. The number of hydrogen-bond donors (Lipinski definition) is 2. The van der Waals surface area contributed by atoms with E-state index in [0.717, 1.165) is 10.0 Å². The minimum Gasteiger partial charge on any atom is -0.444 e. The first-order chi connectivity index (χ1) is 8.87. The Labute approximate surface area is 122 Å². The highest BCUT2D eigenvalue weighted by atomic mass is 79.9. The fourth-order valence-electron chi connectivity index (χ4n) is 1.35. The minimum atomic E-state index is -0.459. The highest BCUT2D eigenvalue weighted by molar-refractivity contribution is 9.10. The first-order valence-corrected chi connectivity index (χ1v) is 6.93. The topological polar surface area (TPSA) is 63.2 Å². The van der Waals surface area contributed by atoms with E-state index in [4.69, 9.17) is 4.74 Å². The molecule has 1 rings (SSSR count). The second kappa shape index (κ2) is 7.45. The lowest BCUT2D eigenvalue weighted by Gasteiger charge is -2.19. The van der Waals surface area contributed by atoms with Gasteiger partial charge in [0.2, 0.25) is 0 Å². The molecule has 0 saturated carbocycles. The Balaban J connectivity index is 2.13. The van der Waals surface area contributed by atoms with Crippen LogP contribution in [0, 0.1) is 0 Å². The summed E-state index contributed by atoms with van der Waals surface area (Å²) in [6.45, 7) is 7.42. The maximum atomic E-state index is 11.4. The van der Waals surface area contributed by atoms with Gasteiger partial charge in [0.05, 0.1) is 0 Å². The molecule has 0 radical (unpaired) electrons. The second-order valence-corrected chi connectivity index (χ2v) is 6.03. The molecule has 0 aliphatic carbocycles. The average molecular weight is 330 g/mol. The van der Waals surface area contributed by atoms with Crippen LogP contribution in [0.5, 0.6) is 0 Å². The van der Waals surface area contributed by atoms with Crippen LogP contribution in [0.3, 0.4) is 0 Å². The molecule has 1 amide bonds. The van der Waals surface area contributed by atoms with Gasteiger partial charge in [-0.2, -0.15) is 0 Å². The third-order valence-corrected chi connectivity index (χ3v) is 2.49. The summed E-state index contributed by atoms with van der Waals surface area (Å²) in [7, 11) is 0. The molecule has 1 heterocycles. The molecule has 0 aromatic carbocycles. The molecule has 0 saturated heterocycles. The first kappa shape index (κ1) is 15.9. The summed E-state index contributed by atoms with van der Waals surface area (Å²) in [6.07, 6.45) is 3.16. The normalized spacial score (nSPS) is 11.2. The summed E-state index contributed by atoms with van der Waals surface area (Å²) in [5.74, 6) is 0. The van der Waals surface area contributed by atoms with Crippen molar-refractivity contribution in [2.75, 3.05) is 13.1 Å². The molecule has 0 aliphatic heterocycles. The number of aromatic nitrogens is 1. The zero-order valence-electron chi connectivity index (χ0n) is 11.5. The Kier molecular flexibility index (Phi) is 6.24. The maximum absolute atomic E-state index is 11.4. The van der Waals surface area contributed by atoms with Crippen LogP contribution < -0.4 is 10.6 Å². The van der Waals surface area contributed by atoms with Crippen molar-refractivity contribution in [3.05, 3.63) is 28.5 Å². The van der Waals surface area contributed by atoms with E-state index < -0.39 is 11.7 Å². The molecule has 2 N–H and O–H groups in total. The van der Waals surface area contributed by atoms with Gasteiger partial charge >= 0.3 is 6.09 Å². The van der Waals surface area contributed by atoms with Gasteiger partial charge in [0.25, 0.3) is 0 Å². The lowest BCUT2D eigenvalue weighted by Crippen LogP contribution is -2.36. The fraction of sp³-hybridized carbons (Fsp3) is 0.538. The van der Waals surface area contributed by atoms with Crippen LogP contribution in [0.15, 0.2) is 22.9 Å². The monoisotopic (exact) mass is 329 g/mol. The largest absolute Gasteiger partial charge is 0.444 e. The lowest BCUT2D eigenvalue weighted by molar-refractivity contribution is 0.0528. The van der Waals surface area contributed by atoms with Crippen molar-refractivity contribution < 1.29 is 9.53 Å². The lowest BCUT2D eigenvalue weighted by atomic mass is 10.2. The van der Waals surface area contributed by atoms with Crippen molar-refractivity contribution in [2.45, 2.75) is 32.9 Å². The van der Waals surface area contributed by atoms with Crippen molar-refractivity contribution in [1.82, 2.24) is 15.6 Å². The van der Waals surface area contributed by atoms with E-state index in [0.29, 0.717) is 19.6 Å². The maximum Gasteiger partial charge on any atom is 0.407 e. The number of carbonyl (C=O) groups excluding carboxylic acids is 1. The average Bonchev–Trinajstić information content (AvgIpc) is 2.26. The summed E-state index contributed by atoms with van der Waals surface area (Å²) in [6, 6.07) is 2.00. The van der Waals surface area contributed by atoms with Gasteiger partial charge < -0.3 is 15.4 Å². The zero-order valence-corrected chi connectivity index (χ0v) is 13.1. The van der Waals surface area contributed by atoms with Gasteiger partial charge in [0.15, 0.2) is 0 Å². The number of nitrogens with zero attached hydrogens (tertiary/aromatic N) is 1. The van der Waals surface area contributed by atoms with Crippen LogP contribution in [0.1, 0.15) is 26.3 Å². The smallest absolute Gasteiger partial charge is 0.407 e. The SMILES string of the molecule is CC(C)(C)OC(=O)NCCNCc1cncc(Br)c1. The highest BCUT2D eigenvalue weighted by Crippen LogP contribution is 2.09. The molecule has 19 heavy (non-hydrogen) atoms. The van der Waals surface area contributed by atoms with Crippen molar-refractivity contribution in [3.8, 4) is 0 Å².